The third-order valence-electron chi connectivity index (χ3n) is 8.02. The minimum absolute atomic E-state index is 0.0663. The fourth-order valence-corrected chi connectivity index (χ4v) is 4.89. The smallest absolute Gasteiger partial charge is 0.347 e. The molecule has 0 aliphatic heterocycles. The molecule has 0 aliphatic rings. The van der Waals surface area contributed by atoms with Gasteiger partial charge in [-0.05, 0) is 88.4 Å². The zero-order valence-corrected chi connectivity index (χ0v) is 30.1. The normalized spacial score (nSPS) is 11.9. The van der Waals surface area contributed by atoms with Gasteiger partial charge in [0.2, 0.25) is 0 Å². The summed E-state index contributed by atoms with van der Waals surface area (Å²) in [5, 5.41) is 22.1. The van der Waals surface area contributed by atoms with Gasteiger partial charge in [-0.2, -0.15) is 0 Å². The van der Waals surface area contributed by atoms with Crippen LogP contribution in [0.2, 0.25) is 0 Å². The van der Waals surface area contributed by atoms with E-state index in [9.17, 15) is 29.4 Å². The van der Waals surface area contributed by atoms with E-state index in [0.29, 0.717) is 16.9 Å². The molecule has 1 aromatic heterocycles. The van der Waals surface area contributed by atoms with Gasteiger partial charge >= 0.3 is 11.9 Å². The molecule has 5 rings (SSSR count). The summed E-state index contributed by atoms with van der Waals surface area (Å²) in [4.78, 5) is 61.7. The number of esters is 2. The molecular weight excluding hydrogens is 698 g/mol. The molecule has 1 heterocycles. The first-order valence-corrected chi connectivity index (χ1v) is 16.7. The van der Waals surface area contributed by atoms with Crippen molar-refractivity contribution in [2.24, 2.45) is 0 Å². The van der Waals surface area contributed by atoms with Crippen molar-refractivity contribution in [3.63, 3.8) is 0 Å². The van der Waals surface area contributed by atoms with Crippen LogP contribution in [0.15, 0.2) is 84.9 Å². The molecule has 0 fully saturated rings. The van der Waals surface area contributed by atoms with Crippen LogP contribution in [0.25, 0.3) is 34.2 Å². The van der Waals surface area contributed by atoms with Crippen LogP contribution >= 0.6 is 0 Å². The molecule has 2 unspecified atom stereocenters. The number of rotatable bonds is 15. The number of ether oxygens (including phenoxy) is 5. The summed E-state index contributed by atoms with van der Waals surface area (Å²) in [7, 11) is 1.54. The highest BCUT2D eigenvalue weighted by atomic mass is 16.6. The fourth-order valence-electron chi connectivity index (χ4n) is 4.89. The van der Waals surface area contributed by atoms with Gasteiger partial charge in [-0.15, -0.1) is 0 Å². The number of carbonyl (C=O) groups is 4. The number of hydrogen-bond acceptors (Lipinski definition) is 14. The van der Waals surface area contributed by atoms with E-state index in [-0.39, 0.29) is 81.9 Å². The predicted molar refractivity (Wildman–Crippen MR) is 195 cm³/mol. The van der Waals surface area contributed by atoms with Gasteiger partial charge in [-0.1, -0.05) is 12.1 Å². The number of ketones is 2. The van der Waals surface area contributed by atoms with Gasteiger partial charge in [0.25, 0.3) is 0 Å². The standard InChI is InChI=1S/C40H37N3O11/c1-22(44)24(3)53-30-14-16-32(34(46)20-30)37-41-36(27-10-12-29(50-5)13-11-27)42-38(43-37)33-17-15-31(21-35(33)47)54-25(4)39(48)51-18-19-52-40(49)28-8-6-26(7-9-28)23(2)45/h6-17,20-21,24-25,46-47H,18-19H2,1-5H3. The average Bonchev–Trinajstić information content (AvgIpc) is 3.16. The van der Waals surface area contributed by atoms with E-state index in [0.717, 1.165) is 0 Å². The first-order valence-electron chi connectivity index (χ1n) is 16.7. The van der Waals surface area contributed by atoms with Crippen LogP contribution in [0.4, 0.5) is 0 Å². The van der Waals surface area contributed by atoms with Crippen LogP contribution in [-0.2, 0) is 19.1 Å². The lowest BCUT2D eigenvalue weighted by Crippen LogP contribution is -2.27. The van der Waals surface area contributed by atoms with Gasteiger partial charge in [0.05, 0.1) is 23.8 Å². The largest absolute Gasteiger partial charge is 0.507 e. The monoisotopic (exact) mass is 735 g/mol. The fraction of sp³-hybridized carbons (Fsp3) is 0.225. The Morgan fingerprint density at radius 2 is 1.09 bits per heavy atom. The minimum Gasteiger partial charge on any atom is -0.507 e. The van der Waals surface area contributed by atoms with Crippen molar-refractivity contribution in [1.29, 1.82) is 0 Å². The van der Waals surface area contributed by atoms with Crippen LogP contribution in [0.3, 0.4) is 0 Å². The molecule has 5 aromatic rings. The number of carbonyl (C=O) groups excluding carboxylic acids is 4. The predicted octanol–water partition coefficient (Wildman–Crippen LogP) is 6.02. The molecule has 0 bridgehead atoms. The zero-order chi connectivity index (χ0) is 38.9. The Bertz CT molecular complexity index is 2170. The molecule has 54 heavy (non-hydrogen) atoms. The number of phenolic OH excluding ortho intramolecular Hbond substituents is 2. The van der Waals surface area contributed by atoms with Crippen molar-refractivity contribution in [3.8, 4) is 62.9 Å². The molecule has 0 aliphatic carbocycles. The quantitative estimate of drug-likeness (QED) is 0.0720. The third kappa shape index (κ3) is 9.53. The summed E-state index contributed by atoms with van der Waals surface area (Å²) in [6.45, 7) is 5.45. The van der Waals surface area contributed by atoms with Crippen LogP contribution in [0.5, 0.6) is 28.7 Å². The Labute approximate surface area is 310 Å². The molecule has 0 saturated carbocycles. The van der Waals surface area contributed by atoms with Crippen LogP contribution in [-0.4, -0.2) is 81.2 Å². The highest BCUT2D eigenvalue weighted by Gasteiger charge is 2.21. The van der Waals surface area contributed by atoms with Gasteiger partial charge in [-0.3, -0.25) is 9.59 Å². The van der Waals surface area contributed by atoms with Crippen molar-refractivity contribution in [1.82, 2.24) is 15.0 Å². The molecule has 4 aromatic carbocycles. The maximum Gasteiger partial charge on any atom is 0.347 e. The summed E-state index contributed by atoms with van der Waals surface area (Å²) < 4.78 is 26.9. The molecule has 2 atom stereocenters. The molecule has 2 N–H and O–H groups in total. The van der Waals surface area contributed by atoms with Crippen molar-refractivity contribution >= 4 is 23.5 Å². The zero-order valence-electron chi connectivity index (χ0n) is 30.1. The van der Waals surface area contributed by atoms with Gasteiger partial charge in [0.15, 0.2) is 41.2 Å². The number of hydrogen-bond donors (Lipinski definition) is 2. The minimum atomic E-state index is -1.09. The van der Waals surface area contributed by atoms with Gasteiger partial charge < -0.3 is 33.9 Å². The van der Waals surface area contributed by atoms with Crippen molar-refractivity contribution in [2.45, 2.75) is 39.9 Å². The molecule has 0 saturated heterocycles. The van der Waals surface area contributed by atoms with Crippen molar-refractivity contribution < 1.29 is 53.1 Å². The van der Waals surface area contributed by atoms with E-state index in [2.05, 4.69) is 15.0 Å². The first kappa shape index (κ1) is 38.4. The highest BCUT2D eigenvalue weighted by Crippen LogP contribution is 2.36. The molecule has 14 heteroatoms. The second kappa shape index (κ2) is 17.1. The molecule has 0 radical (unpaired) electrons. The summed E-state index contributed by atoms with van der Waals surface area (Å²) in [5.74, 6) is -0.766. The topological polar surface area (TPSA) is 194 Å². The summed E-state index contributed by atoms with van der Waals surface area (Å²) in [6, 6.07) is 21.7. The Morgan fingerprint density at radius 1 is 0.611 bits per heavy atom. The summed E-state index contributed by atoms with van der Waals surface area (Å²) >= 11 is 0. The Hall–Kier alpha value is -6.83. The van der Waals surface area contributed by atoms with Gasteiger partial charge in [0, 0.05) is 23.3 Å². The maximum atomic E-state index is 12.6. The van der Waals surface area contributed by atoms with E-state index >= 15 is 0 Å². The number of benzene rings is 4. The lowest BCUT2D eigenvalue weighted by atomic mass is 10.1. The number of aromatic nitrogens is 3. The SMILES string of the molecule is COc1ccc(-c2nc(-c3ccc(OC(C)C(C)=O)cc3O)nc(-c3ccc(OC(C)C(=O)OCCOC(=O)c4ccc(C(C)=O)cc4)cc3O)n2)cc1. The number of phenols is 2. The maximum absolute atomic E-state index is 12.6. The van der Waals surface area contributed by atoms with Gasteiger partial charge in [-0.25, -0.2) is 24.5 Å². The highest BCUT2D eigenvalue weighted by molar-refractivity contribution is 5.96. The van der Waals surface area contributed by atoms with Gasteiger partial charge in [0.1, 0.15) is 42.0 Å². The number of methoxy groups -OCH3 is 1. The third-order valence-corrected chi connectivity index (χ3v) is 8.02. The Balaban J connectivity index is 1.30. The first-order chi connectivity index (χ1) is 25.8. The van der Waals surface area contributed by atoms with Crippen LogP contribution in [0, 0.1) is 0 Å². The van der Waals surface area contributed by atoms with Crippen LogP contribution < -0.4 is 14.2 Å². The second-order valence-corrected chi connectivity index (χ2v) is 12.0. The lowest BCUT2D eigenvalue weighted by Gasteiger charge is -2.15. The van der Waals surface area contributed by atoms with E-state index < -0.39 is 24.1 Å². The Morgan fingerprint density at radius 3 is 1.59 bits per heavy atom. The lowest BCUT2D eigenvalue weighted by molar-refractivity contribution is -0.152. The molecule has 0 amide bonds. The van der Waals surface area contributed by atoms with E-state index in [1.165, 1.54) is 69.3 Å². The summed E-state index contributed by atoms with van der Waals surface area (Å²) in [6.07, 6.45) is -1.81. The average molecular weight is 736 g/mol. The van der Waals surface area contributed by atoms with Crippen molar-refractivity contribution in [3.05, 3.63) is 96.1 Å². The Kier molecular flexibility index (Phi) is 12.2. The van der Waals surface area contributed by atoms with E-state index in [1.807, 2.05) is 0 Å². The van der Waals surface area contributed by atoms with Crippen LogP contribution in [0.1, 0.15) is 48.4 Å². The number of nitrogens with zero attached hydrogens (tertiary/aromatic N) is 3. The molecule has 14 nitrogen and oxygen atoms in total. The molecular formula is C40H37N3O11. The van der Waals surface area contributed by atoms with E-state index in [4.69, 9.17) is 23.7 Å². The molecule has 0 spiro atoms. The summed E-state index contributed by atoms with van der Waals surface area (Å²) in [5.41, 5.74) is 1.74. The number of Topliss-reactive ketones (excluding diaryl/α,β-unsaturated/α-hetero) is 2. The second-order valence-electron chi connectivity index (χ2n) is 12.0. The van der Waals surface area contributed by atoms with Crippen molar-refractivity contribution in [2.75, 3.05) is 20.3 Å². The number of aromatic hydroxyl groups is 2. The molecule has 278 valence electrons. The van der Waals surface area contributed by atoms with E-state index in [1.54, 1.807) is 50.4 Å².